The van der Waals surface area contributed by atoms with Crippen LogP contribution in [0.1, 0.15) is 26.3 Å². The zero-order chi connectivity index (χ0) is 16.9. The summed E-state index contributed by atoms with van der Waals surface area (Å²) in [5.74, 6) is 0.242. The predicted molar refractivity (Wildman–Crippen MR) is 85.9 cm³/mol. The van der Waals surface area contributed by atoms with Gasteiger partial charge < -0.3 is 19.7 Å². The van der Waals surface area contributed by atoms with Crippen molar-refractivity contribution >= 4 is 12.2 Å². The molecule has 2 amide bonds. The highest BCUT2D eigenvalue weighted by Crippen LogP contribution is 2.17. The summed E-state index contributed by atoms with van der Waals surface area (Å²) >= 11 is 0. The molecule has 1 saturated heterocycles. The maximum absolute atomic E-state index is 11.9. The molecule has 1 aliphatic rings. The van der Waals surface area contributed by atoms with Crippen molar-refractivity contribution in [1.82, 2.24) is 10.2 Å². The van der Waals surface area contributed by atoms with Gasteiger partial charge in [0.15, 0.2) is 0 Å². The van der Waals surface area contributed by atoms with E-state index in [1.54, 1.807) is 4.90 Å². The molecule has 126 valence electrons. The topological polar surface area (TPSA) is 67.9 Å². The monoisotopic (exact) mass is 320 g/mol. The molecule has 0 spiro atoms. The van der Waals surface area contributed by atoms with Gasteiger partial charge in [-0.15, -0.1) is 0 Å². The number of hydrogen-bond donors (Lipinski definition) is 1. The Kier molecular flexibility index (Phi) is 5.47. The van der Waals surface area contributed by atoms with Crippen LogP contribution in [-0.4, -0.2) is 42.3 Å². The summed E-state index contributed by atoms with van der Waals surface area (Å²) in [6, 6.07) is 9.56. The van der Waals surface area contributed by atoms with Crippen LogP contribution >= 0.6 is 0 Å². The number of benzene rings is 1. The molecule has 1 N–H and O–H groups in total. The lowest BCUT2D eigenvalue weighted by atomic mass is 10.0. The number of likely N-dealkylation sites (tertiary alicyclic amines) is 1. The second-order valence-corrected chi connectivity index (χ2v) is 6.69. The van der Waals surface area contributed by atoms with E-state index in [0.29, 0.717) is 19.6 Å². The van der Waals surface area contributed by atoms with Gasteiger partial charge in [0.25, 0.3) is 0 Å². The zero-order valence-electron chi connectivity index (χ0n) is 13.9. The molecule has 23 heavy (non-hydrogen) atoms. The van der Waals surface area contributed by atoms with E-state index in [4.69, 9.17) is 9.47 Å². The fourth-order valence-corrected chi connectivity index (χ4v) is 2.20. The number of ether oxygens (including phenoxy) is 2. The van der Waals surface area contributed by atoms with Gasteiger partial charge in [-0.05, 0) is 26.3 Å². The van der Waals surface area contributed by atoms with Gasteiger partial charge in [-0.3, -0.25) is 0 Å². The van der Waals surface area contributed by atoms with Gasteiger partial charge >= 0.3 is 12.2 Å². The molecular weight excluding hydrogens is 296 g/mol. The molecule has 1 aromatic rings. The van der Waals surface area contributed by atoms with Gasteiger partial charge in [-0.25, -0.2) is 9.59 Å². The van der Waals surface area contributed by atoms with Gasteiger partial charge in [0.05, 0.1) is 0 Å². The van der Waals surface area contributed by atoms with Crippen molar-refractivity contribution < 1.29 is 19.1 Å². The molecule has 0 aromatic heterocycles. The number of rotatable bonds is 4. The first-order valence-electron chi connectivity index (χ1n) is 7.76. The van der Waals surface area contributed by atoms with Crippen LogP contribution in [0, 0.1) is 5.92 Å². The minimum Gasteiger partial charge on any atom is -0.445 e. The van der Waals surface area contributed by atoms with Crippen molar-refractivity contribution in [3.63, 3.8) is 0 Å². The SMILES string of the molecule is CC(C)(C)OC(=O)NCC1CN(C(=O)OCc2ccccc2)C1. The molecule has 1 aliphatic heterocycles. The lowest BCUT2D eigenvalue weighted by molar-refractivity contribution is 0.0397. The summed E-state index contributed by atoms with van der Waals surface area (Å²) in [6.07, 6.45) is -0.745. The zero-order valence-corrected chi connectivity index (χ0v) is 13.9. The fraction of sp³-hybridized carbons (Fsp3) is 0.529. The van der Waals surface area contributed by atoms with Crippen molar-refractivity contribution in [2.75, 3.05) is 19.6 Å². The molecule has 1 fully saturated rings. The molecule has 0 aliphatic carbocycles. The number of amides is 2. The van der Waals surface area contributed by atoms with Gasteiger partial charge in [0, 0.05) is 25.6 Å². The van der Waals surface area contributed by atoms with Crippen molar-refractivity contribution in [3.8, 4) is 0 Å². The summed E-state index contributed by atoms with van der Waals surface area (Å²) < 4.78 is 10.4. The lowest BCUT2D eigenvalue weighted by Crippen LogP contribution is -2.54. The molecule has 0 bridgehead atoms. The van der Waals surface area contributed by atoms with Gasteiger partial charge in [0.2, 0.25) is 0 Å². The van der Waals surface area contributed by atoms with Gasteiger partial charge in [-0.1, -0.05) is 30.3 Å². The second-order valence-electron chi connectivity index (χ2n) is 6.69. The number of hydrogen-bond acceptors (Lipinski definition) is 4. The number of carbonyl (C=O) groups excluding carboxylic acids is 2. The smallest absolute Gasteiger partial charge is 0.410 e. The average molecular weight is 320 g/mol. The molecule has 1 aromatic carbocycles. The van der Waals surface area contributed by atoms with Gasteiger partial charge in [0.1, 0.15) is 12.2 Å². The summed E-state index contributed by atoms with van der Waals surface area (Å²) in [5, 5.41) is 2.72. The van der Waals surface area contributed by atoms with Crippen LogP contribution < -0.4 is 5.32 Å². The average Bonchev–Trinajstić information content (AvgIpc) is 2.42. The largest absolute Gasteiger partial charge is 0.445 e. The van der Waals surface area contributed by atoms with Gasteiger partial charge in [-0.2, -0.15) is 0 Å². The van der Waals surface area contributed by atoms with Crippen LogP contribution in [0.2, 0.25) is 0 Å². The highest BCUT2D eigenvalue weighted by atomic mass is 16.6. The van der Waals surface area contributed by atoms with E-state index in [2.05, 4.69) is 5.32 Å². The molecule has 0 saturated carbocycles. The first-order chi connectivity index (χ1) is 10.8. The number of alkyl carbamates (subject to hydrolysis) is 1. The fourth-order valence-electron chi connectivity index (χ4n) is 2.20. The minimum atomic E-state index is -0.503. The summed E-state index contributed by atoms with van der Waals surface area (Å²) in [7, 11) is 0. The maximum atomic E-state index is 11.9. The van der Waals surface area contributed by atoms with E-state index in [1.807, 2.05) is 51.1 Å². The molecular formula is C17H24N2O4. The van der Waals surface area contributed by atoms with Crippen molar-refractivity contribution in [2.24, 2.45) is 5.92 Å². The standard InChI is InChI=1S/C17H24N2O4/c1-17(2,3)23-15(20)18-9-14-10-19(11-14)16(21)22-12-13-7-5-4-6-8-13/h4-8,14H,9-12H2,1-3H3,(H,18,20). The molecule has 2 rings (SSSR count). The van der Waals surface area contributed by atoms with Crippen LogP contribution in [0.3, 0.4) is 0 Å². The molecule has 0 radical (unpaired) electrons. The van der Waals surface area contributed by atoms with E-state index in [-0.39, 0.29) is 18.6 Å². The van der Waals surface area contributed by atoms with E-state index in [1.165, 1.54) is 0 Å². The number of carbonyl (C=O) groups is 2. The van der Waals surface area contributed by atoms with Crippen molar-refractivity contribution in [3.05, 3.63) is 35.9 Å². The Bertz CT molecular complexity index is 533. The third-order valence-corrected chi connectivity index (χ3v) is 3.35. The third kappa shape index (κ3) is 5.81. The minimum absolute atomic E-state index is 0.242. The summed E-state index contributed by atoms with van der Waals surface area (Å²) in [6.45, 7) is 7.41. The number of nitrogens with one attached hydrogen (secondary N) is 1. The Morgan fingerprint density at radius 1 is 1.22 bits per heavy atom. The van der Waals surface area contributed by atoms with Crippen LogP contribution in [-0.2, 0) is 16.1 Å². The molecule has 0 unspecified atom stereocenters. The molecule has 6 heteroatoms. The Labute approximate surface area is 136 Å². The van der Waals surface area contributed by atoms with E-state index >= 15 is 0 Å². The highest BCUT2D eigenvalue weighted by Gasteiger charge is 2.32. The first kappa shape index (κ1) is 17.1. The van der Waals surface area contributed by atoms with Crippen LogP contribution in [0.5, 0.6) is 0 Å². The maximum Gasteiger partial charge on any atom is 0.410 e. The van der Waals surface area contributed by atoms with Crippen molar-refractivity contribution in [2.45, 2.75) is 33.0 Å². The summed E-state index contributed by atoms with van der Waals surface area (Å²) in [5.41, 5.74) is 0.460. The molecule has 6 nitrogen and oxygen atoms in total. The van der Waals surface area contributed by atoms with Crippen LogP contribution in [0.25, 0.3) is 0 Å². The summed E-state index contributed by atoms with van der Waals surface area (Å²) in [4.78, 5) is 25.0. The van der Waals surface area contributed by atoms with E-state index < -0.39 is 11.7 Å². The van der Waals surface area contributed by atoms with Crippen LogP contribution in [0.15, 0.2) is 30.3 Å². The molecule has 0 atom stereocenters. The number of nitrogens with zero attached hydrogens (tertiary/aromatic N) is 1. The normalized spacial score (nSPS) is 14.8. The Balaban J connectivity index is 1.61. The predicted octanol–water partition coefficient (Wildman–Crippen LogP) is 2.78. The third-order valence-electron chi connectivity index (χ3n) is 3.35. The quantitative estimate of drug-likeness (QED) is 0.926. The molecule has 1 heterocycles. The Morgan fingerprint density at radius 3 is 2.48 bits per heavy atom. The van der Waals surface area contributed by atoms with Crippen molar-refractivity contribution in [1.29, 1.82) is 0 Å². The van der Waals surface area contributed by atoms with Crippen LogP contribution in [0.4, 0.5) is 9.59 Å². The van der Waals surface area contributed by atoms with E-state index in [9.17, 15) is 9.59 Å². The Morgan fingerprint density at radius 2 is 1.87 bits per heavy atom. The van der Waals surface area contributed by atoms with E-state index in [0.717, 1.165) is 5.56 Å². The second kappa shape index (κ2) is 7.35. The lowest BCUT2D eigenvalue weighted by Gasteiger charge is -2.38. The first-order valence-corrected chi connectivity index (χ1v) is 7.76. The Hall–Kier alpha value is -2.24. The highest BCUT2D eigenvalue weighted by molar-refractivity contribution is 5.69.